The van der Waals surface area contributed by atoms with Gasteiger partial charge in [-0.1, -0.05) is 21.1 Å². The Labute approximate surface area is 134 Å². The first-order valence-corrected chi connectivity index (χ1v) is 7.85. The molecular weight excluding hydrogens is 332 g/mol. The summed E-state index contributed by atoms with van der Waals surface area (Å²) in [6.45, 7) is 0.924. The summed E-state index contributed by atoms with van der Waals surface area (Å²) in [5.74, 6) is 0.130. The molecule has 0 aromatic heterocycles. The Balaban J connectivity index is 2.29. The van der Waals surface area contributed by atoms with Gasteiger partial charge in [-0.25, -0.2) is 0 Å². The van der Waals surface area contributed by atoms with Crippen molar-refractivity contribution in [3.8, 4) is 0 Å². The molecule has 0 amide bonds. The van der Waals surface area contributed by atoms with Gasteiger partial charge in [-0.3, -0.25) is 0 Å². The Hall–Kier alpha value is -1.27. The number of halogens is 1. The molecule has 1 aliphatic carbocycles. The number of likely N-dealkylation sites (N-methyl/N-ethyl adjacent to an activating group) is 2. The molecule has 0 heterocycles. The van der Waals surface area contributed by atoms with Crippen LogP contribution in [0.25, 0.3) is 0 Å². The average molecular weight is 355 g/mol. The van der Waals surface area contributed by atoms with Crippen LogP contribution in [0.15, 0.2) is 27.8 Å². The third-order valence-corrected chi connectivity index (χ3v) is 5.01. The van der Waals surface area contributed by atoms with Gasteiger partial charge in [-0.2, -0.15) is 0 Å². The molecule has 5 nitrogen and oxygen atoms in total. The number of nitrogens with zero attached hydrogens (tertiary/aromatic N) is 3. The van der Waals surface area contributed by atoms with Gasteiger partial charge in [-0.15, -0.1) is 0 Å². The normalized spacial score (nSPS) is 17.7. The van der Waals surface area contributed by atoms with E-state index < -0.39 is 0 Å². The number of hydrogen-bond acceptors (Lipinski definition) is 4. The molecule has 1 aromatic rings. The number of rotatable bonds is 5. The maximum Gasteiger partial charge on any atom is 0.172 e. The van der Waals surface area contributed by atoms with Gasteiger partial charge in [0.1, 0.15) is 0 Å². The number of nitrogens with two attached hydrogens (primary N) is 1. The lowest BCUT2D eigenvalue weighted by atomic mass is 9.75. The maximum absolute atomic E-state index is 8.98. The summed E-state index contributed by atoms with van der Waals surface area (Å²) >= 11 is 3.43. The van der Waals surface area contributed by atoms with Crippen molar-refractivity contribution in [3.05, 3.63) is 28.2 Å². The summed E-state index contributed by atoms with van der Waals surface area (Å²) in [7, 11) is 6.33. The molecule has 3 N–H and O–H groups in total. The average Bonchev–Trinajstić information content (AvgIpc) is 2.41. The Morgan fingerprint density at radius 1 is 1.38 bits per heavy atom. The Kier molecular flexibility index (Phi) is 4.78. The second-order valence-corrected chi connectivity index (χ2v) is 6.89. The standard InChI is InChI=1S/C15H23BrN4O/c1-19(2)15(7-4-8-15)10-20(3)13-6-5-11(16)9-12(13)14(17)18-21/h5-6,9,21H,4,7-8,10H2,1-3H3,(H2,17,18). The van der Waals surface area contributed by atoms with E-state index in [1.807, 2.05) is 18.2 Å². The fourth-order valence-corrected chi connectivity index (χ4v) is 3.32. The number of anilines is 1. The molecule has 1 aromatic carbocycles. The van der Waals surface area contributed by atoms with Crippen LogP contribution >= 0.6 is 15.9 Å². The number of hydrogen-bond donors (Lipinski definition) is 2. The molecule has 2 rings (SSSR count). The molecule has 21 heavy (non-hydrogen) atoms. The molecule has 0 radical (unpaired) electrons. The van der Waals surface area contributed by atoms with Crippen molar-refractivity contribution in [2.45, 2.75) is 24.8 Å². The van der Waals surface area contributed by atoms with E-state index in [-0.39, 0.29) is 11.4 Å². The topological polar surface area (TPSA) is 65.1 Å². The monoisotopic (exact) mass is 354 g/mol. The molecule has 0 saturated heterocycles. The van der Waals surface area contributed by atoms with Crippen LogP contribution in [0.3, 0.4) is 0 Å². The zero-order valence-electron chi connectivity index (χ0n) is 12.8. The van der Waals surface area contributed by atoms with Gasteiger partial charge in [0.25, 0.3) is 0 Å². The SMILES string of the molecule is CN(CC1(N(C)C)CCC1)c1ccc(Br)cc1/C(N)=N/O. The summed E-state index contributed by atoms with van der Waals surface area (Å²) in [6, 6.07) is 5.85. The highest BCUT2D eigenvalue weighted by molar-refractivity contribution is 9.10. The second-order valence-electron chi connectivity index (χ2n) is 5.98. The summed E-state index contributed by atoms with van der Waals surface area (Å²) in [6.07, 6.45) is 3.69. The van der Waals surface area contributed by atoms with Gasteiger partial charge in [0.05, 0.1) is 0 Å². The quantitative estimate of drug-likeness (QED) is 0.369. The minimum absolute atomic E-state index is 0.130. The van der Waals surface area contributed by atoms with E-state index in [0.29, 0.717) is 0 Å². The van der Waals surface area contributed by atoms with Crippen LogP contribution in [-0.4, -0.2) is 49.2 Å². The van der Waals surface area contributed by atoms with Crippen molar-refractivity contribution >= 4 is 27.5 Å². The van der Waals surface area contributed by atoms with Gasteiger partial charge in [0.15, 0.2) is 5.84 Å². The van der Waals surface area contributed by atoms with E-state index in [0.717, 1.165) is 22.3 Å². The molecule has 6 heteroatoms. The van der Waals surface area contributed by atoms with Crippen molar-refractivity contribution < 1.29 is 5.21 Å². The fourth-order valence-electron chi connectivity index (χ4n) is 2.96. The van der Waals surface area contributed by atoms with Crippen LogP contribution in [-0.2, 0) is 0 Å². The van der Waals surface area contributed by atoms with E-state index in [9.17, 15) is 0 Å². The number of amidine groups is 1. The number of oxime groups is 1. The van der Waals surface area contributed by atoms with E-state index in [1.54, 1.807) is 0 Å². The lowest BCUT2D eigenvalue weighted by Crippen LogP contribution is -2.56. The van der Waals surface area contributed by atoms with Crippen molar-refractivity contribution in [2.24, 2.45) is 10.9 Å². The fraction of sp³-hybridized carbons (Fsp3) is 0.533. The summed E-state index contributed by atoms with van der Waals surface area (Å²) in [4.78, 5) is 4.51. The van der Waals surface area contributed by atoms with E-state index in [4.69, 9.17) is 10.9 Å². The zero-order valence-corrected chi connectivity index (χ0v) is 14.4. The molecule has 1 fully saturated rings. The predicted molar refractivity (Wildman–Crippen MR) is 90.2 cm³/mol. The summed E-state index contributed by atoms with van der Waals surface area (Å²) < 4.78 is 0.909. The molecule has 0 bridgehead atoms. The molecule has 1 aliphatic rings. The van der Waals surface area contributed by atoms with Gasteiger partial charge in [0.2, 0.25) is 0 Å². The minimum Gasteiger partial charge on any atom is -0.409 e. The van der Waals surface area contributed by atoms with Gasteiger partial charge in [-0.05, 0) is 51.6 Å². The van der Waals surface area contributed by atoms with Crippen LogP contribution < -0.4 is 10.6 Å². The van der Waals surface area contributed by atoms with Crippen LogP contribution in [0.4, 0.5) is 5.69 Å². The first kappa shape index (κ1) is 16.1. The molecule has 1 saturated carbocycles. The minimum atomic E-state index is 0.130. The predicted octanol–water partition coefficient (Wildman–Crippen LogP) is 2.46. The Bertz CT molecular complexity index is 540. The van der Waals surface area contributed by atoms with E-state index >= 15 is 0 Å². The van der Waals surface area contributed by atoms with Gasteiger partial charge >= 0.3 is 0 Å². The van der Waals surface area contributed by atoms with E-state index in [1.165, 1.54) is 19.3 Å². The maximum atomic E-state index is 8.98. The second kappa shape index (κ2) is 6.23. The van der Waals surface area contributed by atoms with Crippen molar-refractivity contribution in [3.63, 3.8) is 0 Å². The first-order valence-electron chi connectivity index (χ1n) is 7.06. The van der Waals surface area contributed by atoms with Crippen molar-refractivity contribution in [1.82, 2.24) is 4.90 Å². The highest BCUT2D eigenvalue weighted by Crippen LogP contribution is 2.38. The molecular formula is C15H23BrN4O. The third-order valence-electron chi connectivity index (χ3n) is 4.52. The smallest absolute Gasteiger partial charge is 0.172 e. The van der Waals surface area contributed by atoms with E-state index in [2.05, 4.69) is 52.0 Å². The molecule has 0 unspecified atom stereocenters. The molecule has 0 aliphatic heterocycles. The Morgan fingerprint density at radius 3 is 2.52 bits per heavy atom. The lowest BCUT2D eigenvalue weighted by Gasteiger charge is -2.49. The van der Waals surface area contributed by atoms with Crippen molar-refractivity contribution in [1.29, 1.82) is 0 Å². The van der Waals surface area contributed by atoms with Gasteiger partial charge in [0, 0.05) is 34.9 Å². The van der Waals surface area contributed by atoms with Crippen LogP contribution in [0.5, 0.6) is 0 Å². The first-order chi connectivity index (χ1) is 9.89. The van der Waals surface area contributed by atoms with Crippen LogP contribution in [0.2, 0.25) is 0 Å². The number of benzene rings is 1. The zero-order chi connectivity index (χ0) is 15.6. The van der Waals surface area contributed by atoms with Crippen molar-refractivity contribution in [2.75, 3.05) is 32.6 Å². The lowest BCUT2D eigenvalue weighted by molar-refractivity contribution is 0.0683. The Morgan fingerprint density at radius 2 is 2.05 bits per heavy atom. The summed E-state index contributed by atoms with van der Waals surface area (Å²) in [5, 5.41) is 12.1. The largest absolute Gasteiger partial charge is 0.409 e. The van der Waals surface area contributed by atoms with Crippen LogP contribution in [0.1, 0.15) is 24.8 Å². The highest BCUT2D eigenvalue weighted by Gasteiger charge is 2.40. The van der Waals surface area contributed by atoms with Gasteiger partial charge < -0.3 is 20.7 Å². The molecule has 0 atom stereocenters. The molecule has 116 valence electrons. The highest BCUT2D eigenvalue weighted by atomic mass is 79.9. The van der Waals surface area contributed by atoms with Crippen LogP contribution in [0, 0.1) is 0 Å². The summed E-state index contributed by atoms with van der Waals surface area (Å²) in [5.41, 5.74) is 7.75. The third kappa shape index (κ3) is 3.16. The molecule has 0 spiro atoms.